The van der Waals surface area contributed by atoms with Gasteiger partial charge in [0.2, 0.25) is 0 Å². The second-order valence-electron chi connectivity index (χ2n) is 4.52. The highest BCUT2D eigenvalue weighted by molar-refractivity contribution is 7.99. The first-order chi connectivity index (χ1) is 7.35. The number of carbonyl (C=O) groups excluding carboxylic acids is 1. The van der Waals surface area contributed by atoms with Crippen molar-refractivity contribution in [1.29, 1.82) is 0 Å². The zero-order valence-electron chi connectivity index (χ0n) is 9.11. The van der Waals surface area contributed by atoms with Crippen LogP contribution in [0.1, 0.15) is 12.8 Å². The molecule has 2 aliphatic heterocycles. The van der Waals surface area contributed by atoms with Gasteiger partial charge in [-0.3, -0.25) is 0 Å². The molecule has 4 heteroatoms. The molecule has 0 aromatic carbocycles. The monoisotopic (exact) mass is 229 g/mol. The van der Waals surface area contributed by atoms with E-state index in [9.17, 15) is 4.79 Å². The van der Waals surface area contributed by atoms with E-state index in [2.05, 4.69) is 4.90 Å². The fraction of sp³-hybridized carbons (Fsp3) is 0.909. The highest BCUT2D eigenvalue weighted by atomic mass is 32.2. The second-order valence-corrected chi connectivity index (χ2v) is 5.75. The van der Waals surface area contributed by atoms with E-state index < -0.39 is 0 Å². The fourth-order valence-electron chi connectivity index (χ4n) is 2.28. The predicted octanol–water partition coefficient (Wildman–Crippen LogP) is 1.03. The zero-order valence-corrected chi connectivity index (χ0v) is 9.93. The zero-order chi connectivity index (χ0) is 10.6. The number of ether oxygens (including phenoxy) is 1. The molecule has 0 aliphatic carbocycles. The summed E-state index contributed by atoms with van der Waals surface area (Å²) in [6.07, 6.45) is 3.28. The molecule has 0 saturated carbocycles. The molecule has 2 fully saturated rings. The van der Waals surface area contributed by atoms with Gasteiger partial charge >= 0.3 is 0 Å². The van der Waals surface area contributed by atoms with Crippen LogP contribution < -0.4 is 0 Å². The summed E-state index contributed by atoms with van der Waals surface area (Å²) < 4.78 is 5.36. The normalized spacial score (nSPS) is 33.9. The Balaban J connectivity index is 1.90. The van der Waals surface area contributed by atoms with E-state index >= 15 is 0 Å². The van der Waals surface area contributed by atoms with E-state index in [4.69, 9.17) is 4.74 Å². The Hall–Kier alpha value is -0.0600. The lowest BCUT2D eigenvalue weighted by Gasteiger charge is -2.28. The fourth-order valence-corrected chi connectivity index (χ4v) is 3.20. The summed E-state index contributed by atoms with van der Waals surface area (Å²) in [5, 5.41) is 0. The number of hydrogen-bond acceptors (Lipinski definition) is 4. The first-order valence-corrected chi connectivity index (χ1v) is 6.84. The van der Waals surface area contributed by atoms with Crippen molar-refractivity contribution >= 4 is 18.0 Å². The highest BCUT2D eigenvalue weighted by Gasteiger charge is 2.36. The molecule has 1 unspecified atom stereocenters. The molecule has 0 bridgehead atoms. The maximum Gasteiger partial charge on any atom is 0.129 e. The number of carbonyl (C=O) groups is 1. The van der Waals surface area contributed by atoms with Gasteiger partial charge in [-0.1, -0.05) is 0 Å². The van der Waals surface area contributed by atoms with Gasteiger partial charge in [0.15, 0.2) is 0 Å². The molecule has 2 aliphatic rings. The molecule has 0 N–H and O–H groups in total. The van der Waals surface area contributed by atoms with E-state index in [0.29, 0.717) is 6.61 Å². The first kappa shape index (κ1) is 11.4. The van der Waals surface area contributed by atoms with E-state index in [0.717, 1.165) is 38.9 Å². The number of nitrogens with zero attached hydrogens (tertiary/aromatic N) is 1. The topological polar surface area (TPSA) is 29.5 Å². The van der Waals surface area contributed by atoms with E-state index in [-0.39, 0.29) is 5.41 Å². The van der Waals surface area contributed by atoms with Crippen molar-refractivity contribution < 1.29 is 9.53 Å². The third-order valence-electron chi connectivity index (χ3n) is 3.24. The van der Waals surface area contributed by atoms with Crippen LogP contribution in [0.4, 0.5) is 0 Å². The molecule has 0 radical (unpaired) electrons. The average molecular weight is 229 g/mol. The Morgan fingerprint density at radius 3 is 3.07 bits per heavy atom. The molecular formula is C11H19NO2S. The van der Waals surface area contributed by atoms with Crippen molar-refractivity contribution in [3.63, 3.8) is 0 Å². The Morgan fingerprint density at radius 1 is 1.40 bits per heavy atom. The minimum atomic E-state index is -0.199. The Labute approximate surface area is 95.5 Å². The Kier molecular flexibility index (Phi) is 4.05. The highest BCUT2D eigenvalue weighted by Crippen LogP contribution is 2.28. The summed E-state index contributed by atoms with van der Waals surface area (Å²) in [6, 6.07) is 0. The van der Waals surface area contributed by atoms with E-state index in [1.165, 1.54) is 17.9 Å². The average Bonchev–Trinajstić information content (AvgIpc) is 2.57. The maximum atomic E-state index is 11.2. The van der Waals surface area contributed by atoms with Crippen LogP contribution in [0.3, 0.4) is 0 Å². The van der Waals surface area contributed by atoms with Gasteiger partial charge < -0.3 is 14.4 Å². The third-order valence-corrected chi connectivity index (χ3v) is 4.29. The van der Waals surface area contributed by atoms with Gasteiger partial charge in [-0.15, -0.1) is 0 Å². The van der Waals surface area contributed by atoms with Crippen LogP contribution in [-0.2, 0) is 9.53 Å². The van der Waals surface area contributed by atoms with Crippen molar-refractivity contribution in [3.05, 3.63) is 0 Å². The minimum absolute atomic E-state index is 0.199. The summed E-state index contributed by atoms with van der Waals surface area (Å²) in [4.78, 5) is 13.6. The Morgan fingerprint density at radius 2 is 2.33 bits per heavy atom. The van der Waals surface area contributed by atoms with Crippen LogP contribution in [0, 0.1) is 5.41 Å². The number of hydrogen-bond donors (Lipinski definition) is 0. The van der Waals surface area contributed by atoms with Crippen molar-refractivity contribution in [1.82, 2.24) is 4.90 Å². The Bertz CT molecular complexity index is 209. The number of rotatable bonds is 3. The summed E-state index contributed by atoms with van der Waals surface area (Å²) in [5.41, 5.74) is -0.199. The molecule has 1 atom stereocenters. The largest absolute Gasteiger partial charge is 0.380 e. The molecule has 0 aromatic heterocycles. The van der Waals surface area contributed by atoms with Crippen molar-refractivity contribution in [2.45, 2.75) is 12.8 Å². The smallest absolute Gasteiger partial charge is 0.129 e. The summed E-state index contributed by atoms with van der Waals surface area (Å²) in [6.45, 7) is 4.54. The van der Waals surface area contributed by atoms with Gasteiger partial charge in [-0.05, 0) is 25.1 Å². The lowest BCUT2D eigenvalue weighted by molar-refractivity contribution is -0.117. The van der Waals surface area contributed by atoms with Gasteiger partial charge in [-0.25, -0.2) is 0 Å². The van der Waals surface area contributed by atoms with Gasteiger partial charge in [-0.2, -0.15) is 11.8 Å². The van der Waals surface area contributed by atoms with Crippen molar-refractivity contribution in [2.75, 3.05) is 44.4 Å². The first-order valence-electron chi connectivity index (χ1n) is 5.69. The lowest BCUT2D eigenvalue weighted by Crippen LogP contribution is -2.40. The maximum absolute atomic E-state index is 11.2. The van der Waals surface area contributed by atoms with Gasteiger partial charge in [0.05, 0.1) is 12.0 Å². The summed E-state index contributed by atoms with van der Waals surface area (Å²) >= 11 is 2.02. The summed E-state index contributed by atoms with van der Waals surface area (Å²) in [7, 11) is 0. The van der Waals surface area contributed by atoms with Crippen LogP contribution >= 0.6 is 11.8 Å². The molecule has 0 amide bonds. The molecule has 15 heavy (non-hydrogen) atoms. The summed E-state index contributed by atoms with van der Waals surface area (Å²) in [5.74, 6) is 2.47. The minimum Gasteiger partial charge on any atom is -0.380 e. The molecule has 86 valence electrons. The molecule has 2 heterocycles. The molecule has 3 nitrogen and oxygen atoms in total. The van der Waals surface area contributed by atoms with E-state index in [1.807, 2.05) is 11.8 Å². The molecule has 0 aromatic rings. The van der Waals surface area contributed by atoms with Crippen LogP contribution in [0.15, 0.2) is 0 Å². The predicted molar refractivity (Wildman–Crippen MR) is 62.3 cm³/mol. The van der Waals surface area contributed by atoms with Crippen LogP contribution in [0.5, 0.6) is 0 Å². The third kappa shape index (κ3) is 2.95. The van der Waals surface area contributed by atoms with Crippen LogP contribution in [0.25, 0.3) is 0 Å². The second kappa shape index (κ2) is 5.32. The molecule has 2 rings (SSSR count). The van der Waals surface area contributed by atoms with Crippen molar-refractivity contribution in [3.8, 4) is 0 Å². The lowest BCUT2D eigenvalue weighted by atomic mass is 9.88. The van der Waals surface area contributed by atoms with Crippen LogP contribution in [-0.4, -0.2) is 55.5 Å². The van der Waals surface area contributed by atoms with Gasteiger partial charge in [0, 0.05) is 25.4 Å². The van der Waals surface area contributed by atoms with Gasteiger partial charge in [0.25, 0.3) is 0 Å². The van der Waals surface area contributed by atoms with Crippen LogP contribution in [0.2, 0.25) is 0 Å². The molecule has 2 saturated heterocycles. The SMILES string of the molecule is O=CC1(CN2CCCSCC2)CCOC1. The van der Waals surface area contributed by atoms with E-state index in [1.54, 1.807) is 0 Å². The molecular weight excluding hydrogens is 210 g/mol. The molecule has 0 spiro atoms. The standard InChI is InChI=1S/C11H19NO2S/c13-9-11(2-5-14-10-11)8-12-3-1-6-15-7-4-12/h9H,1-8,10H2. The quantitative estimate of drug-likeness (QED) is 0.676. The van der Waals surface area contributed by atoms with Crippen molar-refractivity contribution in [2.24, 2.45) is 5.41 Å². The number of aldehydes is 1. The number of thioether (sulfide) groups is 1. The van der Waals surface area contributed by atoms with Gasteiger partial charge in [0.1, 0.15) is 6.29 Å².